The average molecular weight is 330 g/mol. The number of hydrogen-bond donors (Lipinski definition) is 1. The molecular formula is C18H30N6. The van der Waals surface area contributed by atoms with Gasteiger partial charge in [0.05, 0.1) is 11.9 Å². The first-order valence-electron chi connectivity index (χ1n) is 8.87. The fourth-order valence-corrected chi connectivity index (χ4v) is 3.92. The van der Waals surface area contributed by atoms with Crippen LogP contribution in [-0.2, 0) is 27.1 Å². The van der Waals surface area contributed by atoms with Gasteiger partial charge in [-0.15, -0.1) is 0 Å². The molecule has 0 bridgehead atoms. The topological polar surface area (TPSA) is 50.9 Å². The van der Waals surface area contributed by atoms with Crippen LogP contribution in [0, 0.1) is 0 Å². The van der Waals surface area contributed by atoms with Crippen molar-refractivity contribution in [3.63, 3.8) is 0 Å². The van der Waals surface area contributed by atoms with Crippen LogP contribution >= 0.6 is 0 Å². The van der Waals surface area contributed by atoms with Crippen LogP contribution < -0.4 is 10.2 Å². The maximum atomic E-state index is 4.76. The van der Waals surface area contributed by atoms with E-state index in [9.17, 15) is 0 Å². The van der Waals surface area contributed by atoms with Crippen LogP contribution in [0.1, 0.15) is 61.2 Å². The van der Waals surface area contributed by atoms with Gasteiger partial charge in [-0.3, -0.25) is 9.36 Å². The molecule has 0 fully saturated rings. The third-order valence-corrected chi connectivity index (χ3v) is 5.01. The smallest absolute Gasteiger partial charge is 0.130 e. The van der Waals surface area contributed by atoms with Crippen molar-refractivity contribution in [2.45, 2.75) is 51.6 Å². The first-order chi connectivity index (χ1) is 11.4. The molecule has 1 aliphatic carbocycles. The van der Waals surface area contributed by atoms with Gasteiger partial charge in [-0.25, -0.2) is 0 Å². The number of hydrogen-bond acceptors (Lipinski definition) is 4. The van der Waals surface area contributed by atoms with Crippen molar-refractivity contribution >= 4 is 5.82 Å². The highest BCUT2D eigenvalue weighted by atomic mass is 15.4. The molecule has 3 rings (SSSR count). The Bertz CT molecular complexity index is 709. The molecule has 2 heterocycles. The SMILES string of the molecule is CC(C)c1nn(C)c(N(C)C)c1CN[C@@H]1CCCc2c1cnn2C. The summed E-state index contributed by atoms with van der Waals surface area (Å²) in [5, 5.41) is 13.0. The molecule has 0 saturated carbocycles. The van der Waals surface area contributed by atoms with Crippen molar-refractivity contribution in [2.24, 2.45) is 14.1 Å². The van der Waals surface area contributed by atoms with E-state index in [0.717, 1.165) is 13.0 Å². The predicted molar refractivity (Wildman–Crippen MR) is 97.4 cm³/mol. The summed E-state index contributed by atoms with van der Waals surface area (Å²) in [4.78, 5) is 2.16. The lowest BCUT2D eigenvalue weighted by atomic mass is 9.92. The highest BCUT2D eigenvalue weighted by molar-refractivity contribution is 5.50. The fraction of sp³-hybridized carbons (Fsp3) is 0.667. The van der Waals surface area contributed by atoms with Gasteiger partial charge in [0.2, 0.25) is 0 Å². The van der Waals surface area contributed by atoms with Crippen LogP contribution in [0.25, 0.3) is 0 Å². The maximum Gasteiger partial charge on any atom is 0.130 e. The number of fused-ring (bicyclic) bond motifs is 1. The number of nitrogens with zero attached hydrogens (tertiary/aromatic N) is 5. The van der Waals surface area contributed by atoms with Crippen LogP contribution in [0.5, 0.6) is 0 Å². The molecule has 2 aromatic rings. The summed E-state index contributed by atoms with van der Waals surface area (Å²) < 4.78 is 4.03. The van der Waals surface area contributed by atoms with Gasteiger partial charge in [0.25, 0.3) is 0 Å². The largest absolute Gasteiger partial charge is 0.363 e. The normalized spacial score (nSPS) is 17.4. The Balaban J connectivity index is 1.85. The molecule has 1 N–H and O–H groups in total. The van der Waals surface area contributed by atoms with Crippen molar-refractivity contribution in [1.82, 2.24) is 24.9 Å². The van der Waals surface area contributed by atoms with Gasteiger partial charge in [0.1, 0.15) is 5.82 Å². The van der Waals surface area contributed by atoms with Gasteiger partial charge in [-0.05, 0) is 25.2 Å². The van der Waals surface area contributed by atoms with E-state index in [-0.39, 0.29) is 0 Å². The van der Waals surface area contributed by atoms with E-state index in [0.29, 0.717) is 12.0 Å². The first kappa shape index (κ1) is 17.0. The van der Waals surface area contributed by atoms with E-state index >= 15 is 0 Å². The number of nitrogens with one attached hydrogen (secondary N) is 1. The van der Waals surface area contributed by atoms with Gasteiger partial charge in [0, 0.05) is 57.6 Å². The second kappa shape index (κ2) is 6.59. The summed E-state index contributed by atoms with van der Waals surface area (Å²) in [5.41, 5.74) is 5.25. The Hall–Kier alpha value is -1.82. The fourth-order valence-electron chi connectivity index (χ4n) is 3.92. The Morgan fingerprint density at radius 1 is 1.29 bits per heavy atom. The van der Waals surface area contributed by atoms with Crippen LogP contribution in [0.2, 0.25) is 0 Å². The van der Waals surface area contributed by atoms with Crippen molar-refractivity contribution in [2.75, 3.05) is 19.0 Å². The van der Waals surface area contributed by atoms with Crippen LogP contribution in [0.15, 0.2) is 6.20 Å². The molecule has 132 valence electrons. The third-order valence-electron chi connectivity index (χ3n) is 5.01. The molecule has 0 saturated heterocycles. The second-order valence-electron chi connectivity index (χ2n) is 7.36. The standard InChI is InChI=1S/C18H30N6/c1-12(2)17-14(18(22(3)4)24(6)21-17)10-19-15-8-7-9-16-13(15)11-20-23(16)5/h11-12,15,19H,7-10H2,1-6H3/t15-/m1/s1. The molecule has 6 heteroatoms. The van der Waals surface area contributed by atoms with E-state index in [2.05, 4.69) is 43.3 Å². The Morgan fingerprint density at radius 2 is 2.04 bits per heavy atom. The number of rotatable bonds is 5. The molecular weight excluding hydrogens is 300 g/mol. The predicted octanol–water partition coefficient (Wildman–Crippen LogP) is 2.51. The van der Waals surface area contributed by atoms with Crippen molar-refractivity contribution in [3.8, 4) is 0 Å². The van der Waals surface area contributed by atoms with Crippen molar-refractivity contribution in [3.05, 3.63) is 28.7 Å². The van der Waals surface area contributed by atoms with Crippen LogP contribution in [0.4, 0.5) is 5.82 Å². The molecule has 0 amide bonds. The third kappa shape index (κ3) is 2.95. The molecule has 2 aromatic heterocycles. The monoisotopic (exact) mass is 330 g/mol. The lowest BCUT2D eigenvalue weighted by Crippen LogP contribution is -2.26. The Morgan fingerprint density at radius 3 is 2.71 bits per heavy atom. The molecule has 0 aliphatic heterocycles. The Kier molecular flexibility index (Phi) is 4.67. The molecule has 6 nitrogen and oxygen atoms in total. The van der Waals surface area contributed by atoms with Gasteiger partial charge < -0.3 is 10.2 Å². The summed E-state index contributed by atoms with van der Waals surface area (Å²) in [7, 11) is 8.25. The molecule has 0 radical (unpaired) electrons. The van der Waals surface area contributed by atoms with E-state index in [4.69, 9.17) is 5.10 Å². The minimum absolute atomic E-state index is 0.387. The van der Waals surface area contributed by atoms with E-state index in [1.54, 1.807) is 0 Å². The van der Waals surface area contributed by atoms with Crippen LogP contribution in [-0.4, -0.2) is 33.7 Å². The van der Waals surface area contributed by atoms with E-state index in [1.165, 1.54) is 41.2 Å². The maximum absolute atomic E-state index is 4.76. The van der Waals surface area contributed by atoms with Gasteiger partial charge in [0.15, 0.2) is 0 Å². The lowest BCUT2D eigenvalue weighted by Gasteiger charge is -2.25. The number of aryl methyl sites for hydroxylation is 2. The highest BCUT2D eigenvalue weighted by Crippen LogP contribution is 2.31. The summed E-state index contributed by atoms with van der Waals surface area (Å²) in [6, 6.07) is 0.387. The van der Waals surface area contributed by atoms with Gasteiger partial charge >= 0.3 is 0 Å². The molecule has 0 spiro atoms. The molecule has 0 aromatic carbocycles. The number of aromatic nitrogens is 4. The molecule has 1 aliphatic rings. The zero-order valence-corrected chi connectivity index (χ0v) is 15.8. The summed E-state index contributed by atoms with van der Waals surface area (Å²) in [5.74, 6) is 1.61. The number of anilines is 1. The zero-order valence-electron chi connectivity index (χ0n) is 15.8. The van der Waals surface area contributed by atoms with Gasteiger partial charge in [-0.1, -0.05) is 13.8 Å². The highest BCUT2D eigenvalue weighted by Gasteiger charge is 2.25. The second-order valence-corrected chi connectivity index (χ2v) is 7.36. The van der Waals surface area contributed by atoms with Crippen molar-refractivity contribution < 1.29 is 0 Å². The molecule has 24 heavy (non-hydrogen) atoms. The van der Waals surface area contributed by atoms with Crippen LogP contribution in [0.3, 0.4) is 0 Å². The summed E-state index contributed by atoms with van der Waals surface area (Å²) in [6.45, 7) is 5.27. The summed E-state index contributed by atoms with van der Waals surface area (Å²) in [6.07, 6.45) is 5.56. The van der Waals surface area contributed by atoms with Crippen molar-refractivity contribution in [1.29, 1.82) is 0 Å². The Labute approximate surface area is 144 Å². The minimum atomic E-state index is 0.387. The zero-order chi connectivity index (χ0) is 17.4. The average Bonchev–Trinajstić information content (AvgIpc) is 3.06. The lowest BCUT2D eigenvalue weighted by molar-refractivity contribution is 0.451. The van der Waals surface area contributed by atoms with E-state index in [1.807, 2.05) is 29.7 Å². The van der Waals surface area contributed by atoms with E-state index < -0.39 is 0 Å². The molecule has 1 atom stereocenters. The van der Waals surface area contributed by atoms with Gasteiger partial charge in [-0.2, -0.15) is 10.2 Å². The summed E-state index contributed by atoms with van der Waals surface area (Å²) >= 11 is 0. The minimum Gasteiger partial charge on any atom is -0.363 e. The quantitative estimate of drug-likeness (QED) is 0.915. The molecule has 0 unspecified atom stereocenters. The first-order valence-corrected chi connectivity index (χ1v) is 8.87.